The Kier molecular flexibility index (Phi) is 44.0. The van der Waals surface area contributed by atoms with Crippen molar-refractivity contribution < 1.29 is 111 Å². The maximum Gasteiger partial charge on any atom is 0.253 e. The Morgan fingerprint density at radius 3 is 0.936 bits per heavy atom. The molecule has 8 heterocycles. The van der Waals surface area contributed by atoms with Gasteiger partial charge in [0, 0.05) is 232 Å². The molecule has 688 valence electrons. The van der Waals surface area contributed by atoms with Crippen molar-refractivity contribution >= 4 is 125 Å². The molecule has 37 heteroatoms. The van der Waals surface area contributed by atoms with Gasteiger partial charge in [-0.05, 0) is 145 Å². The first-order valence-electron chi connectivity index (χ1n) is 40.9. The number of nitrogens with one attached hydrogen (secondary N) is 1. The van der Waals surface area contributed by atoms with E-state index in [1.54, 1.807) is 134 Å². The molecular weight excluding hydrogens is 1690 g/mol. The molecule has 4 amide bonds. The summed E-state index contributed by atoms with van der Waals surface area (Å²) in [7, 11) is 10.3. The molecule has 4 atom stereocenters. The molecule has 2 unspecified atom stereocenters. The van der Waals surface area contributed by atoms with Crippen LogP contribution < -0.4 is 51.8 Å². The van der Waals surface area contributed by atoms with E-state index in [1.165, 1.54) is 62.9 Å². The van der Waals surface area contributed by atoms with Crippen molar-refractivity contribution in [2.75, 3.05) is 208 Å². The number of aliphatic hydroxyl groups is 4. The van der Waals surface area contributed by atoms with Crippen molar-refractivity contribution in [1.82, 2.24) is 24.3 Å². The number of ketones is 1. The zero-order valence-electron chi connectivity index (χ0n) is 76.2. The summed E-state index contributed by atoms with van der Waals surface area (Å²) in [6.45, 7) is 35.2. The van der Waals surface area contributed by atoms with Gasteiger partial charge in [0.25, 0.3) is 23.6 Å². The predicted molar refractivity (Wildman–Crippen MR) is 487 cm³/mol. The minimum absolute atomic E-state index is 0. The van der Waals surface area contributed by atoms with Crippen LogP contribution in [-0.4, -0.2) is 281 Å². The summed E-state index contributed by atoms with van der Waals surface area (Å²) in [4.78, 5) is 127. The maximum absolute atomic E-state index is 13.0. The van der Waals surface area contributed by atoms with E-state index in [1.807, 2.05) is 68.1 Å². The van der Waals surface area contributed by atoms with Gasteiger partial charge in [0.05, 0.1) is 106 Å². The number of ether oxygens (including phenoxy) is 4. The summed E-state index contributed by atoms with van der Waals surface area (Å²) in [6.07, 6.45) is 0. The van der Waals surface area contributed by atoms with Gasteiger partial charge in [0.1, 0.15) is 27.7 Å². The molecule has 0 spiro atoms. The van der Waals surface area contributed by atoms with Crippen LogP contribution in [0.25, 0.3) is 43.9 Å². The molecule has 0 bridgehead atoms. The van der Waals surface area contributed by atoms with E-state index < -0.39 is 37.5 Å². The van der Waals surface area contributed by atoms with E-state index in [2.05, 4.69) is 9.12 Å². The zero-order valence-corrected chi connectivity index (χ0v) is 79.4. The third kappa shape index (κ3) is 30.5. The smallest absolute Gasteiger partial charge is 0.253 e. The van der Waals surface area contributed by atoms with Crippen LogP contribution in [0.4, 0.5) is 23.5 Å². The molecule has 0 radical (unpaired) electrons. The van der Waals surface area contributed by atoms with Crippen LogP contribution in [0.5, 0.6) is 0 Å². The van der Waals surface area contributed by atoms with Gasteiger partial charge in [0.2, 0.25) is 0 Å². The van der Waals surface area contributed by atoms with Gasteiger partial charge in [-0.25, -0.2) is 13.1 Å². The van der Waals surface area contributed by atoms with Crippen molar-refractivity contribution in [3.8, 4) is 0 Å². The van der Waals surface area contributed by atoms with E-state index in [-0.39, 0.29) is 133 Å². The summed E-state index contributed by atoms with van der Waals surface area (Å²) in [6, 6.07) is 17.7. The fourth-order valence-electron chi connectivity index (χ4n) is 12.2. The normalized spacial score (nSPS) is 15.0. The number of amides is 4. The SMILES string of the molecule is CC(=N[S@](=O)C(C)(C)C)c1cc(C(=O)N(C)C)cc2c(=O)cc(N3CCOCC3)oc12.CC(=O)c1cc(C(=O)N(C)C)cc2c(=O)cc(N3CCOCC3)oc12.CC(N)c1cc(C(=O)N(C)C)cc2c(=O)cc(N3CCOCC3)oc12.CC(N[S@](=O)C(C)(C)C)c1cc(C(=O)N(C)C)cc2c(=O)cc(N3CCOCC3)oc12.CCO.CCO.CCO.CCO.[Ti]. The van der Waals surface area contributed by atoms with Crippen LogP contribution in [0.3, 0.4) is 0 Å². The summed E-state index contributed by atoms with van der Waals surface area (Å²) >= 11 is 0. The topological polar surface area (TPSA) is 435 Å². The molecule has 7 N–H and O–H groups in total. The molecule has 4 aromatic carbocycles. The Balaban J connectivity index is 0.000000335. The van der Waals surface area contributed by atoms with Gasteiger partial charge in [-0.2, -0.15) is 4.40 Å². The van der Waals surface area contributed by atoms with E-state index in [0.29, 0.717) is 195 Å². The van der Waals surface area contributed by atoms with Gasteiger partial charge < -0.3 is 102 Å². The van der Waals surface area contributed by atoms with E-state index >= 15 is 0 Å². The fourth-order valence-corrected chi connectivity index (χ4v) is 13.6. The maximum atomic E-state index is 13.0. The minimum Gasteiger partial charge on any atom is -0.440 e. The average Bonchev–Trinajstić information content (AvgIpc) is 0.780. The Morgan fingerprint density at radius 2 is 0.672 bits per heavy atom. The third-order valence-corrected chi connectivity index (χ3v) is 21.7. The zero-order chi connectivity index (χ0) is 92.9. The van der Waals surface area contributed by atoms with Crippen LogP contribution >= 0.6 is 0 Å². The molecule has 125 heavy (non-hydrogen) atoms. The Hall–Kier alpha value is -9.25. The van der Waals surface area contributed by atoms with Crippen LogP contribution in [0.15, 0.2) is 114 Å². The second-order valence-electron chi connectivity index (χ2n) is 31.5. The molecule has 0 saturated carbocycles. The number of carbonyl (C=O) groups is 5. The van der Waals surface area contributed by atoms with Crippen molar-refractivity contribution in [3.05, 3.63) is 158 Å². The molecule has 8 aromatic rings. The molecule has 4 saturated heterocycles. The number of hydrogen-bond donors (Lipinski definition) is 6. The van der Waals surface area contributed by atoms with E-state index in [0.717, 1.165) is 0 Å². The molecule has 12 rings (SSSR count). The Bertz CT molecular complexity index is 5270. The fraction of sp³-hybridized carbons (Fsp3) is 0.523. The van der Waals surface area contributed by atoms with Gasteiger partial charge in [-0.1, -0.05) is 0 Å². The van der Waals surface area contributed by atoms with Crippen LogP contribution in [0.2, 0.25) is 0 Å². The number of aliphatic hydroxyl groups excluding tert-OH is 4. The van der Waals surface area contributed by atoms with Crippen LogP contribution in [-0.2, 0) is 62.6 Å². The first kappa shape index (κ1) is 108. The first-order chi connectivity index (χ1) is 58.4. The summed E-state index contributed by atoms with van der Waals surface area (Å²) in [5.74, 6) is 0.649. The Labute approximate surface area is 750 Å². The second kappa shape index (κ2) is 50.9. The predicted octanol–water partition coefficient (Wildman–Crippen LogP) is 7.92. The second-order valence-corrected chi connectivity index (χ2v) is 35.4. The minimum atomic E-state index is -1.51. The van der Waals surface area contributed by atoms with Crippen LogP contribution in [0.1, 0.15) is 177 Å². The van der Waals surface area contributed by atoms with Crippen LogP contribution in [0, 0.1) is 0 Å². The number of hydrogen-bond acceptors (Lipinski definition) is 28. The standard InChI is InChI=1S/C22H31N3O5S.C22H29N3O5S.C18H23N3O4.C18H20N2O5.4C2H6O.Ti/c2*1-14(23-31(28)22(2,3)4)16-11-15(21(27)24(5)6)12-17-18(26)13-19(30-20(16)17)25-7-9-29-10-8-25;1-11(19)13-8-12(18(23)20(2)3)9-14-15(22)10-16(25-17(13)14)21-4-6-24-7-5-21;1-11(21)13-8-12(18(23)19(2)3)9-14-15(22)10-16(25-17(13)14)20-4-6-24-7-5-20;4*1-2-3;/h11-14,23H,7-10H2,1-6H3;11-13H,7-10H2,1-6H3;8-11H,4-7,19H2,1-3H3;8-10H,4-7H2,1-3H3;4*3H,2H2,1H3;/t14?,31-;31-;;;;;;;/m11......./s1. The van der Waals surface area contributed by atoms with Crippen molar-refractivity contribution in [2.45, 2.75) is 119 Å². The number of carbonyl (C=O) groups excluding carboxylic acids is 5. The quantitative estimate of drug-likeness (QED) is 0.0322. The van der Waals surface area contributed by atoms with Gasteiger partial charge in [0.15, 0.2) is 56.6 Å². The first-order valence-corrected chi connectivity index (χ1v) is 43.2. The number of fused-ring (bicyclic) bond motifs is 4. The molecule has 4 aromatic heterocycles. The summed E-state index contributed by atoms with van der Waals surface area (Å²) in [5.41, 5.74) is 10.4. The largest absolute Gasteiger partial charge is 0.440 e. The van der Waals surface area contributed by atoms with Crippen molar-refractivity contribution in [2.24, 2.45) is 10.1 Å². The summed E-state index contributed by atoms with van der Waals surface area (Å²) in [5, 5.41) is 31.5. The molecular formula is C88H127N11O23S2Ti. The average molecular weight is 1820 g/mol. The third-order valence-electron chi connectivity index (χ3n) is 18.5. The molecule has 4 fully saturated rings. The number of benzene rings is 4. The van der Waals surface area contributed by atoms with Crippen molar-refractivity contribution in [3.63, 3.8) is 0 Å². The molecule has 0 aliphatic carbocycles. The van der Waals surface area contributed by atoms with E-state index in [4.69, 9.17) is 62.8 Å². The Morgan fingerprint density at radius 1 is 0.424 bits per heavy atom. The number of morpholine rings is 4. The number of anilines is 4. The molecule has 4 aliphatic heterocycles. The van der Waals surface area contributed by atoms with E-state index in [9.17, 15) is 51.6 Å². The van der Waals surface area contributed by atoms with Crippen molar-refractivity contribution in [1.29, 1.82) is 0 Å². The summed E-state index contributed by atoms with van der Waals surface area (Å²) < 4.78 is 77.5. The van der Waals surface area contributed by atoms with Gasteiger partial charge >= 0.3 is 0 Å². The number of rotatable bonds is 15. The molecule has 34 nitrogen and oxygen atoms in total. The monoisotopic (exact) mass is 1820 g/mol. The van der Waals surface area contributed by atoms with Gasteiger partial charge in [-0.3, -0.25) is 43.2 Å². The molecule has 4 aliphatic rings. The van der Waals surface area contributed by atoms with Gasteiger partial charge in [-0.15, -0.1) is 0 Å². The number of nitrogens with two attached hydrogens (primary N) is 1. The number of nitrogens with zero attached hydrogens (tertiary/aromatic N) is 9. The number of Topliss-reactive ketones (excluding diaryl/α,β-unsaturated/α-hetero) is 1.